The maximum absolute atomic E-state index is 12.2. The number of hydrogen-bond acceptors (Lipinski definition) is 5. The van der Waals surface area contributed by atoms with Gasteiger partial charge in [0.2, 0.25) is 15.9 Å². The Labute approximate surface area is 156 Å². The number of carbonyl (C=O) groups is 1. The molecule has 0 spiro atoms. The number of benzene rings is 2. The molecule has 8 N–H and O–H groups in total. The summed E-state index contributed by atoms with van der Waals surface area (Å²) in [6, 6.07) is 12.2. The molecule has 0 saturated carbocycles. The zero-order valence-corrected chi connectivity index (χ0v) is 15.1. The van der Waals surface area contributed by atoms with Crippen molar-refractivity contribution in [2.75, 3.05) is 6.54 Å². The average Bonchev–Trinajstić information content (AvgIpc) is 2.65. The first-order chi connectivity index (χ1) is 12.7. The third-order valence-electron chi connectivity index (χ3n) is 3.65. The Morgan fingerprint density at radius 3 is 1.85 bits per heavy atom. The molecule has 0 aromatic heterocycles. The van der Waals surface area contributed by atoms with Crippen LogP contribution in [0.15, 0.2) is 53.4 Å². The molecule has 0 fully saturated rings. The van der Waals surface area contributed by atoms with E-state index in [1.54, 1.807) is 24.3 Å². The van der Waals surface area contributed by atoms with Gasteiger partial charge in [-0.1, -0.05) is 24.3 Å². The second-order valence-corrected chi connectivity index (χ2v) is 7.42. The normalized spacial score (nSPS) is 11.0. The summed E-state index contributed by atoms with van der Waals surface area (Å²) in [6.07, 6.45) is 0. The minimum atomic E-state index is -3.86. The van der Waals surface area contributed by atoms with E-state index in [1.807, 2.05) is 0 Å². The molecule has 2 aromatic carbocycles. The molecule has 2 aromatic rings. The van der Waals surface area contributed by atoms with Crippen LogP contribution in [0.3, 0.4) is 0 Å². The van der Waals surface area contributed by atoms with Crippen molar-refractivity contribution in [3.05, 3.63) is 65.2 Å². The average molecular weight is 388 g/mol. The van der Waals surface area contributed by atoms with Gasteiger partial charge in [-0.2, -0.15) is 0 Å². The van der Waals surface area contributed by atoms with Gasteiger partial charge in [0.1, 0.15) is 11.7 Å². The van der Waals surface area contributed by atoms with Crippen LogP contribution < -0.4 is 21.5 Å². The maximum Gasteiger partial charge on any atom is 0.241 e. The molecule has 142 valence electrons. The van der Waals surface area contributed by atoms with Crippen LogP contribution >= 0.6 is 0 Å². The Kier molecular flexibility index (Phi) is 6.27. The highest BCUT2D eigenvalue weighted by Gasteiger charge is 2.15. The number of hydrogen-bond donors (Lipinski definition) is 6. The van der Waals surface area contributed by atoms with E-state index in [0.717, 1.165) is 5.56 Å². The number of rotatable bonds is 8. The third-order valence-corrected chi connectivity index (χ3v) is 5.07. The predicted octanol–water partition coefficient (Wildman–Crippen LogP) is -0.151. The largest absolute Gasteiger partial charge is 0.384 e. The van der Waals surface area contributed by atoms with Crippen molar-refractivity contribution in [2.24, 2.45) is 11.5 Å². The first-order valence-corrected chi connectivity index (χ1v) is 9.31. The number of nitrogens with one attached hydrogen (secondary N) is 4. The van der Waals surface area contributed by atoms with Gasteiger partial charge in [-0.25, -0.2) is 13.1 Å². The van der Waals surface area contributed by atoms with Gasteiger partial charge >= 0.3 is 0 Å². The molecule has 0 atom stereocenters. The number of amides is 1. The van der Waals surface area contributed by atoms with Crippen molar-refractivity contribution in [1.29, 1.82) is 10.8 Å². The number of sulfonamides is 1. The summed E-state index contributed by atoms with van der Waals surface area (Å²) in [6.45, 7) is -0.200. The molecule has 27 heavy (non-hydrogen) atoms. The summed E-state index contributed by atoms with van der Waals surface area (Å²) in [5.41, 5.74) is 12.5. The highest BCUT2D eigenvalue weighted by atomic mass is 32.2. The lowest BCUT2D eigenvalue weighted by Crippen LogP contribution is -2.36. The number of amidine groups is 2. The van der Waals surface area contributed by atoms with Crippen molar-refractivity contribution in [3.63, 3.8) is 0 Å². The first kappa shape index (κ1) is 20.1. The second-order valence-electron chi connectivity index (χ2n) is 5.65. The van der Waals surface area contributed by atoms with Crippen molar-refractivity contribution in [1.82, 2.24) is 10.0 Å². The van der Waals surface area contributed by atoms with Crippen LogP contribution in [-0.4, -0.2) is 32.5 Å². The fourth-order valence-electron chi connectivity index (χ4n) is 2.12. The van der Waals surface area contributed by atoms with Crippen LogP contribution in [0.4, 0.5) is 0 Å². The molecular weight excluding hydrogens is 368 g/mol. The van der Waals surface area contributed by atoms with Gasteiger partial charge in [-0.15, -0.1) is 0 Å². The van der Waals surface area contributed by atoms with E-state index in [0.29, 0.717) is 11.1 Å². The molecule has 0 heterocycles. The number of carbonyl (C=O) groups excluding carboxylic acids is 1. The van der Waals surface area contributed by atoms with Gasteiger partial charge in [0.25, 0.3) is 0 Å². The summed E-state index contributed by atoms with van der Waals surface area (Å²) in [5.74, 6) is -0.700. The Morgan fingerprint density at radius 2 is 1.37 bits per heavy atom. The molecule has 0 bridgehead atoms. The van der Waals surface area contributed by atoms with Gasteiger partial charge in [-0.05, 0) is 29.8 Å². The summed E-state index contributed by atoms with van der Waals surface area (Å²) in [5, 5.41) is 17.2. The Balaban J connectivity index is 1.88. The predicted molar refractivity (Wildman–Crippen MR) is 102 cm³/mol. The quantitative estimate of drug-likeness (QED) is 0.272. The van der Waals surface area contributed by atoms with Crippen molar-refractivity contribution in [2.45, 2.75) is 11.4 Å². The minimum Gasteiger partial charge on any atom is -0.384 e. The van der Waals surface area contributed by atoms with Crippen LogP contribution in [0.25, 0.3) is 0 Å². The van der Waals surface area contributed by atoms with Crippen LogP contribution in [0, 0.1) is 10.8 Å². The molecule has 0 saturated heterocycles. The van der Waals surface area contributed by atoms with Crippen LogP contribution in [-0.2, 0) is 21.4 Å². The molecule has 2 rings (SSSR count). The van der Waals surface area contributed by atoms with Crippen molar-refractivity contribution >= 4 is 27.6 Å². The monoisotopic (exact) mass is 388 g/mol. The van der Waals surface area contributed by atoms with Crippen LogP contribution in [0.2, 0.25) is 0 Å². The zero-order chi connectivity index (χ0) is 20.0. The van der Waals surface area contributed by atoms with E-state index in [4.69, 9.17) is 22.3 Å². The zero-order valence-electron chi connectivity index (χ0n) is 14.3. The van der Waals surface area contributed by atoms with Crippen molar-refractivity contribution in [3.8, 4) is 0 Å². The summed E-state index contributed by atoms with van der Waals surface area (Å²) < 4.78 is 26.6. The van der Waals surface area contributed by atoms with Gasteiger partial charge in [0.05, 0.1) is 11.4 Å². The molecule has 1 amide bonds. The van der Waals surface area contributed by atoms with E-state index in [-0.39, 0.29) is 23.1 Å². The molecule has 10 heteroatoms. The van der Waals surface area contributed by atoms with E-state index in [1.165, 1.54) is 24.3 Å². The summed E-state index contributed by atoms with van der Waals surface area (Å²) in [7, 11) is -3.86. The lowest BCUT2D eigenvalue weighted by molar-refractivity contribution is -0.120. The number of nitrogen functional groups attached to an aromatic ring is 2. The van der Waals surface area contributed by atoms with Gasteiger partial charge in [-0.3, -0.25) is 15.6 Å². The fourth-order valence-corrected chi connectivity index (χ4v) is 3.11. The molecule has 9 nitrogen and oxygen atoms in total. The van der Waals surface area contributed by atoms with E-state index >= 15 is 0 Å². The minimum absolute atomic E-state index is 0.0277. The molecule has 0 aliphatic carbocycles. The van der Waals surface area contributed by atoms with Crippen molar-refractivity contribution < 1.29 is 13.2 Å². The van der Waals surface area contributed by atoms with Gasteiger partial charge in [0, 0.05) is 17.7 Å². The molecule has 0 aliphatic rings. The lowest BCUT2D eigenvalue weighted by Gasteiger charge is -2.09. The standard InChI is InChI=1S/C17H20N6O3S/c18-16(19)12-3-1-11(2-4-12)9-22-15(24)10-23-27(25,26)14-7-5-13(6-8-14)17(20)21/h1-8,23H,9-10H2,(H3,18,19)(H3,20,21)(H,22,24). The second kappa shape index (κ2) is 8.43. The van der Waals surface area contributed by atoms with E-state index in [2.05, 4.69) is 10.0 Å². The lowest BCUT2D eigenvalue weighted by atomic mass is 10.1. The number of nitrogens with two attached hydrogens (primary N) is 2. The Morgan fingerprint density at radius 1 is 0.889 bits per heavy atom. The Bertz CT molecular complexity index is 953. The Hall–Kier alpha value is -3.24. The van der Waals surface area contributed by atoms with Crippen LogP contribution in [0.1, 0.15) is 16.7 Å². The smallest absolute Gasteiger partial charge is 0.241 e. The summed E-state index contributed by atoms with van der Waals surface area (Å²) in [4.78, 5) is 11.8. The van der Waals surface area contributed by atoms with Gasteiger partial charge in [0.15, 0.2) is 0 Å². The third kappa shape index (κ3) is 5.62. The molecule has 0 unspecified atom stereocenters. The highest BCUT2D eigenvalue weighted by Crippen LogP contribution is 2.10. The SMILES string of the molecule is N=C(N)c1ccc(CNC(=O)CNS(=O)(=O)c2ccc(C(=N)N)cc2)cc1. The molecule has 0 radical (unpaired) electrons. The van der Waals surface area contributed by atoms with E-state index in [9.17, 15) is 13.2 Å². The molecule has 0 aliphatic heterocycles. The highest BCUT2D eigenvalue weighted by molar-refractivity contribution is 7.89. The van der Waals surface area contributed by atoms with E-state index < -0.39 is 22.5 Å². The molecular formula is C17H20N6O3S. The topological polar surface area (TPSA) is 175 Å². The fraction of sp³-hybridized carbons (Fsp3) is 0.118. The summed E-state index contributed by atoms with van der Waals surface area (Å²) >= 11 is 0. The van der Waals surface area contributed by atoms with Crippen LogP contribution in [0.5, 0.6) is 0 Å². The first-order valence-electron chi connectivity index (χ1n) is 7.83. The van der Waals surface area contributed by atoms with Gasteiger partial charge < -0.3 is 16.8 Å². The maximum atomic E-state index is 12.2.